The summed E-state index contributed by atoms with van der Waals surface area (Å²) >= 11 is 0. The summed E-state index contributed by atoms with van der Waals surface area (Å²) in [7, 11) is 0. The topological polar surface area (TPSA) is 307 Å². The molecule has 2 aliphatic heterocycles. The number of phenolic OH excluding ortho intramolecular Hbond substituents is 1. The van der Waals surface area contributed by atoms with Gasteiger partial charge in [-0.3, -0.25) is 28.8 Å². The van der Waals surface area contributed by atoms with Crippen molar-refractivity contribution < 1.29 is 54.0 Å². The molecule has 0 radical (unpaired) electrons. The number of likely N-dealkylation sites (tertiary alicyclic amines) is 2. The Morgan fingerprint density at radius 1 is 0.796 bits per heavy atom. The van der Waals surface area contributed by atoms with Crippen molar-refractivity contribution in [3.8, 4) is 5.75 Å². The molecule has 2 aliphatic rings. The van der Waals surface area contributed by atoms with E-state index in [1.54, 1.807) is 0 Å². The molecule has 19 nitrogen and oxygen atoms in total. The van der Waals surface area contributed by atoms with Gasteiger partial charge in [-0.05, 0) is 83.0 Å². The number of aliphatic hydroxyl groups is 2. The van der Waals surface area contributed by atoms with E-state index in [2.05, 4.69) is 21.3 Å². The number of hydrogen-bond acceptors (Lipinski definition) is 12. The number of carbonyl (C=O) groups is 7. The van der Waals surface area contributed by atoms with E-state index in [4.69, 9.17) is 11.5 Å². The number of carboxylic acids is 1. The van der Waals surface area contributed by atoms with Gasteiger partial charge < -0.3 is 63.0 Å². The zero-order chi connectivity index (χ0) is 40.1. The van der Waals surface area contributed by atoms with Crippen molar-refractivity contribution in [3.63, 3.8) is 0 Å². The summed E-state index contributed by atoms with van der Waals surface area (Å²) < 4.78 is 0. The van der Waals surface area contributed by atoms with Gasteiger partial charge >= 0.3 is 5.97 Å². The number of aliphatic carboxylic acids is 1. The predicted molar refractivity (Wildman–Crippen MR) is 192 cm³/mol. The van der Waals surface area contributed by atoms with Gasteiger partial charge in [-0.1, -0.05) is 12.1 Å². The van der Waals surface area contributed by atoms with Crippen LogP contribution in [0.1, 0.15) is 64.4 Å². The number of aliphatic hydroxyl groups excluding tert-OH is 2. The van der Waals surface area contributed by atoms with Crippen LogP contribution in [0.5, 0.6) is 5.75 Å². The van der Waals surface area contributed by atoms with E-state index in [9.17, 15) is 54.0 Å². The monoisotopic (exact) mass is 762 g/mol. The van der Waals surface area contributed by atoms with Gasteiger partial charge in [0.15, 0.2) is 6.04 Å². The molecule has 0 spiro atoms. The third-order valence-corrected chi connectivity index (χ3v) is 9.50. The van der Waals surface area contributed by atoms with Gasteiger partial charge in [0.25, 0.3) is 0 Å². The Balaban J connectivity index is 1.79. The van der Waals surface area contributed by atoms with Crippen LogP contribution < -0.4 is 32.7 Å². The van der Waals surface area contributed by atoms with Crippen molar-refractivity contribution in [1.82, 2.24) is 31.1 Å². The number of aromatic hydroxyl groups is 1. The quantitative estimate of drug-likeness (QED) is 0.0622. The second-order valence-corrected chi connectivity index (χ2v) is 13.8. The first-order valence-electron chi connectivity index (χ1n) is 18.2. The molecular weight excluding hydrogens is 708 g/mol. The van der Waals surface area contributed by atoms with Gasteiger partial charge in [-0.25, -0.2) is 4.79 Å². The van der Waals surface area contributed by atoms with Crippen LogP contribution in [0.25, 0.3) is 0 Å². The summed E-state index contributed by atoms with van der Waals surface area (Å²) in [6.07, 6.45) is 1.09. The Morgan fingerprint density at radius 3 is 1.83 bits per heavy atom. The molecule has 8 atom stereocenters. The molecule has 6 amide bonds. The predicted octanol–water partition coefficient (Wildman–Crippen LogP) is -3.21. The number of hydrogen-bond donors (Lipinski definition) is 10. The van der Waals surface area contributed by atoms with Crippen molar-refractivity contribution in [2.75, 3.05) is 26.2 Å². The zero-order valence-electron chi connectivity index (χ0n) is 30.6. The maximum Gasteiger partial charge on any atom is 0.328 e. The van der Waals surface area contributed by atoms with E-state index in [0.29, 0.717) is 37.8 Å². The smallest absolute Gasteiger partial charge is 0.328 e. The lowest BCUT2D eigenvalue weighted by Crippen LogP contribution is -2.60. The minimum Gasteiger partial charge on any atom is -0.508 e. The van der Waals surface area contributed by atoms with E-state index >= 15 is 0 Å². The lowest BCUT2D eigenvalue weighted by Gasteiger charge is -2.31. The highest BCUT2D eigenvalue weighted by Crippen LogP contribution is 2.22. The molecule has 0 aliphatic carbocycles. The normalized spacial score (nSPS) is 20.2. The number of nitrogens with zero attached hydrogens (tertiary/aromatic N) is 2. The van der Waals surface area contributed by atoms with E-state index in [0.717, 1.165) is 0 Å². The maximum absolute atomic E-state index is 14.0. The fourth-order valence-corrected chi connectivity index (χ4v) is 6.50. The van der Waals surface area contributed by atoms with Crippen molar-refractivity contribution >= 4 is 41.4 Å². The summed E-state index contributed by atoms with van der Waals surface area (Å²) in [5, 5.41) is 49.2. The summed E-state index contributed by atoms with van der Waals surface area (Å²) in [5.41, 5.74) is 11.8. The van der Waals surface area contributed by atoms with Gasteiger partial charge in [0, 0.05) is 19.5 Å². The molecule has 12 N–H and O–H groups in total. The average Bonchev–Trinajstić information content (AvgIpc) is 3.83. The third-order valence-electron chi connectivity index (χ3n) is 9.50. The summed E-state index contributed by atoms with van der Waals surface area (Å²) in [4.78, 5) is 94.6. The van der Waals surface area contributed by atoms with E-state index in [-0.39, 0.29) is 44.5 Å². The van der Waals surface area contributed by atoms with Gasteiger partial charge in [0.1, 0.15) is 36.0 Å². The number of nitrogens with two attached hydrogens (primary N) is 2. The van der Waals surface area contributed by atoms with Gasteiger partial charge in [-0.2, -0.15) is 0 Å². The Morgan fingerprint density at radius 2 is 1.33 bits per heavy atom. The SMILES string of the molecule is C[C@H](N)C(=O)N[C@@H](CCCCN)C(=O)N1CCC[C@H]1C(=O)N[C@@H](CO)C(=O)N[C@@H](Cc1ccc(O)cc1)C(=O)N1CCC[C@H]1C(=O)N[C@H](C(=O)O)[C@@H](C)O. The highest BCUT2D eigenvalue weighted by molar-refractivity contribution is 5.97. The van der Waals surface area contributed by atoms with Crippen LogP contribution in [0.4, 0.5) is 0 Å². The van der Waals surface area contributed by atoms with Gasteiger partial charge in [-0.15, -0.1) is 0 Å². The Kier molecular flexibility index (Phi) is 16.6. The number of benzene rings is 1. The standard InChI is InChI=1S/C35H54N8O11/c1-19(37)29(47)38-23(7-3-4-14-36)33(51)42-15-5-8-26(42)31(49)40-25(18-44)30(48)39-24(17-21-10-12-22(46)13-11-21)34(52)43-16-6-9-27(43)32(50)41-28(20(2)45)35(53)54/h10-13,19-20,23-28,44-46H,3-9,14-18,36-37H2,1-2H3,(H,38,47)(H,39,48)(H,40,49)(H,41,50)(H,53,54)/t19-,20+,23-,24-,25-,26-,27-,28-/m0/s1. The molecule has 54 heavy (non-hydrogen) atoms. The highest BCUT2D eigenvalue weighted by atomic mass is 16.4. The highest BCUT2D eigenvalue weighted by Gasteiger charge is 2.42. The molecule has 2 fully saturated rings. The lowest BCUT2D eigenvalue weighted by atomic mass is 10.0. The van der Waals surface area contributed by atoms with Crippen LogP contribution >= 0.6 is 0 Å². The Hall–Kier alpha value is -4.85. The lowest BCUT2D eigenvalue weighted by molar-refractivity contribution is -0.147. The van der Waals surface area contributed by atoms with E-state index < -0.39 is 96.4 Å². The average molecular weight is 763 g/mol. The van der Waals surface area contributed by atoms with Crippen molar-refractivity contribution in [2.45, 2.75) is 114 Å². The first-order chi connectivity index (χ1) is 25.6. The largest absolute Gasteiger partial charge is 0.508 e. The minimum absolute atomic E-state index is 0.0475. The third kappa shape index (κ3) is 11.8. The fourth-order valence-electron chi connectivity index (χ4n) is 6.50. The fraction of sp³-hybridized carbons (Fsp3) is 0.629. The zero-order valence-corrected chi connectivity index (χ0v) is 30.6. The molecule has 0 saturated carbocycles. The second kappa shape index (κ2) is 20.6. The number of amides is 6. The molecule has 0 aromatic heterocycles. The van der Waals surface area contributed by atoms with Gasteiger partial charge in [0.2, 0.25) is 35.4 Å². The van der Waals surface area contributed by atoms with Crippen molar-refractivity contribution in [1.29, 1.82) is 0 Å². The van der Waals surface area contributed by atoms with Gasteiger partial charge in [0.05, 0.1) is 18.8 Å². The first kappa shape index (κ1) is 43.6. The molecule has 0 bridgehead atoms. The Labute approximate surface area is 313 Å². The molecular formula is C35H54N8O11. The number of nitrogens with one attached hydrogen (secondary N) is 4. The molecule has 300 valence electrons. The number of carboxylic acid groups (broad SMARTS) is 1. The molecule has 2 saturated heterocycles. The first-order valence-corrected chi connectivity index (χ1v) is 18.2. The van der Waals surface area contributed by atoms with Crippen molar-refractivity contribution in [2.24, 2.45) is 11.5 Å². The molecule has 1 aromatic carbocycles. The minimum atomic E-state index is -1.63. The van der Waals surface area contributed by atoms with E-state index in [1.807, 2.05) is 0 Å². The number of phenols is 1. The van der Waals surface area contributed by atoms with Crippen LogP contribution in [0.3, 0.4) is 0 Å². The summed E-state index contributed by atoms with van der Waals surface area (Å²) in [6, 6.07) is -2.74. The van der Waals surface area contributed by atoms with Crippen LogP contribution in [0, 0.1) is 0 Å². The van der Waals surface area contributed by atoms with Crippen molar-refractivity contribution in [3.05, 3.63) is 29.8 Å². The molecule has 19 heteroatoms. The number of rotatable bonds is 19. The van der Waals surface area contributed by atoms with Crippen LogP contribution in [0.15, 0.2) is 24.3 Å². The molecule has 1 aromatic rings. The molecule has 2 heterocycles. The maximum atomic E-state index is 14.0. The molecule has 3 rings (SSSR count). The molecule has 0 unspecified atom stereocenters. The van der Waals surface area contributed by atoms with Crippen LogP contribution in [-0.4, -0.2) is 146 Å². The Bertz CT molecular complexity index is 1490. The summed E-state index contributed by atoms with van der Waals surface area (Å²) in [6.45, 7) is 2.47. The van der Waals surface area contributed by atoms with Crippen LogP contribution in [-0.2, 0) is 40.0 Å². The summed E-state index contributed by atoms with van der Waals surface area (Å²) in [5.74, 6) is -5.75. The van der Waals surface area contributed by atoms with Crippen LogP contribution in [0.2, 0.25) is 0 Å². The number of carbonyl (C=O) groups excluding carboxylic acids is 6. The second-order valence-electron chi connectivity index (χ2n) is 13.8. The number of unbranched alkanes of at least 4 members (excludes halogenated alkanes) is 1. The van der Waals surface area contributed by atoms with E-state index in [1.165, 1.54) is 47.9 Å².